The van der Waals surface area contributed by atoms with Crippen LogP contribution in [-0.4, -0.2) is 41.0 Å². The predicted molar refractivity (Wildman–Crippen MR) is 85.2 cm³/mol. The number of ether oxygens (including phenoxy) is 1. The Morgan fingerprint density at radius 2 is 1.86 bits per heavy atom. The lowest BCUT2D eigenvalue weighted by Gasteiger charge is -2.27. The molecule has 0 aromatic carbocycles. The van der Waals surface area contributed by atoms with E-state index >= 15 is 0 Å². The van der Waals surface area contributed by atoms with E-state index in [0.717, 1.165) is 12.8 Å². The summed E-state index contributed by atoms with van der Waals surface area (Å²) in [7, 11) is 0. The number of carbonyl (C=O) groups is 2. The molecule has 1 N–H and O–H groups in total. The summed E-state index contributed by atoms with van der Waals surface area (Å²) in [6.45, 7) is 8.42. The topological polar surface area (TPSA) is 62.4 Å². The molecule has 0 bridgehead atoms. The molecule has 1 heterocycles. The van der Waals surface area contributed by atoms with Crippen LogP contribution in [0.5, 0.6) is 0 Å². The normalized spacial score (nSPS) is 15.1. The van der Waals surface area contributed by atoms with Gasteiger partial charge in [0, 0.05) is 18.3 Å². The highest BCUT2D eigenvalue weighted by molar-refractivity contribution is 6.00. The van der Waals surface area contributed by atoms with Gasteiger partial charge in [0.25, 0.3) is 5.91 Å². The van der Waals surface area contributed by atoms with Crippen molar-refractivity contribution in [2.24, 2.45) is 0 Å². The Hall–Kier alpha value is -1.78. The van der Waals surface area contributed by atoms with Gasteiger partial charge in [0.2, 0.25) is 0 Å². The van der Waals surface area contributed by atoms with E-state index in [0.29, 0.717) is 41.7 Å². The molecule has 0 radical (unpaired) electrons. The fourth-order valence-corrected chi connectivity index (χ4v) is 3.40. The fourth-order valence-electron chi connectivity index (χ4n) is 3.40. The summed E-state index contributed by atoms with van der Waals surface area (Å²) >= 11 is 0. The maximum absolute atomic E-state index is 12.9. The van der Waals surface area contributed by atoms with Crippen LogP contribution in [-0.2, 0) is 4.74 Å². The summed E-state index contributed by atoms with van der Waals surface area (Å²) in [6.07, 6.45) is 4.52. The van der Waals surface area contributed by atoms with Crippen molar-refractivity contribution in [2.45, 2.75) is 59.4 Å². The second-order valence-electron chi connectivity index (χ2n) is 5.87. The van der Waals surface area contributed by atoms with Crippen molar-refractivity contribution in [2.75, 3.05) is 13.2 Å². The van der Waals surface area contributed by atoms with E-state index in [1.807, 2.05) is 25.7 Å². The highest BCUT2D eigenvalue weighted by Crippen LogP contribution is 2.26. The zero-order chi connectivity index (χ0) is 16.3. The maximum Gasteiger partial charge on any atom is 0.340 e. The molecule has 0 aliphatic heterocycles. The zero-order valence-corrected chi connectivity index (χ0v) is 14.0. The number of aromatic nitrogens is 1. The molecule has 1 aliphatic rings. The average Bonchev–Trinajstić information content (AvgIpc) is 3.08. The van der Waals surface area contributed by atoms with Crippen molar-refractivity contribution in [3.05, 3.63) is 22.5 Å². The molecule has 22 heavy (non-hydrogen) atoms. The average molecular weight is 306 g/mol. The lowest BCUT2D eigenvalue weighted by atomic mass is 10.1. The molecule has 1 saturated carbocycles. The largest absolute Gasteiger partial charge is 0.462 e. The zero-order valence-electron chi connectivity index (χ0n) is 14.0. The second kappa shape index (κ2) is 6.99. The van der Waals surface area contributed by atoms with Gasteiger partial charge in [-0.15, -0.1) is 0 Å². The van der Waals surface area contributed by atoms with Gasteiger partial charge in [-0.3, -0.25) is 4.79 Å². The molecule has 1 aromatic rings. The van der Waals surface area contributed by atoms with Gasteiger partial charge in [-0.25, -0.2) is 4.79 Å². The summed E-state index contributed by atoms with van der Waals surface area (Å²) in [5.41, 5.74) is 2.40. The number of aryl methyl sites for hydroxylation is 1. The summed E-state index contributed by atoms with van der Waals surface area (Å²) in [4.78, 5) is 30.0. The summed E-state index contributed by atoms with van der Waals surface area (Å²) in [6, 6.07) is 0.326. The van der Waals surface area contributed by atoms with Gasteiger partial charge in [-0.05, 0) is 46.1 Å². The van der Waals surface area contributed by atoms with Gasteiger partial charge >= 0.3 is 5.97 Å². The number of hydrogen-bond donors (Lipinski definition) is 1. The molecule has 1 fully saturated rings. The third kappa shape index (κ3) is 3.03. The van der Waals surface area contributed by atoms with Crippen molar-refractivity contribution in [1.82, 2.24) is 9.88 Å². The number of nitrogens with zero attached hydrogens (tertiary/aromatic N) is 1. The second-order valence-corrected chi connectivity index (χ2v) is 5.87. The lowest BCUT2D eigenvalue weighted by Crippen LogP contribution is -2.39. The summed E-state index contributed by atoms with van der Waals surface area (Å²) < 4.78 is 5.09. The van der Waals surface area contributed by atoms with Crippen LogP contribution in [0, 0.1) is 13.8 Å². The Balaban J connectivity index is 2.29. The highest BCUT2D eigenvalue weighted by atomic mass is 16.5. The minimum absolute atomic E-state index is 0.00875. The Morgan fingerprint density at radius 3 is 2.41 bits per heavy atom. The summed E-state index contributed by atoms with van der Waals surface area (Å²) in [5.74, 6) is -0.373. The minimum Gasteiger partial charge on any atom is -0.462 e. The van der Waals surface area contributed by atoms with E-state index in [1.165, 1.54) is 12.8 Å². The Kier molecular flexibility index (Phi) is 5.27. The van der Waals surface area contributed by atoms with Crippen LogP contribution in [0.2, 0.25) is 0 Å². The number of carbonyl (C=O) groups excluding carboxylic acids is 2. The Morgan fingerprint density at radius 1 is 1.23 bits per heavy atom. The van der Waals surface area contributed by atoms with Crippen LogP contribution >= 0.6 is 0 Å². The molecule has 1 amide bonds. The van der Waals surface area contributed by atoms with Crippen molar-refractivity contribution in [1.29, 1.82) is 0 Å². The molecule has 5 heteroatoms. The molecular formula is C17H26N2O3. The number of esters is 1. The molecule has 0 unspecified atom stereocenters. The summed E-state index contributed by atoms with van der Waals surface area (Å²) in [5, 5.41) is 0. The molecule has 1 aliphatic carbocycles. The van der Waals surface area contributed by atoms with Crippen molar-refractivity contribution >= 4 is 11.9 Å². The van der Waals surface area contributed by atoms with Crippen LogP contribution in [0.25, 0.3) is 0 Å². The van der Waals surface area contributed by atoms with E-state index in [-0.39, 0.29) is 11.9 Å². The number of nitrogens with one attached hydrogen (secondary N) is 1. The first-order valence-electron chi connectivity index (χ1n) is 8.18. The molecule has 5 nitrogen and oxygen atoms in total. The van der Waals surface area contributed by atoms with E-state index < -0.39 is 0 Å². The first kappa shape index (κ1) is 16.6. The smallest absolute Gasteiger partial charge is 0.340 e. The fraction of sp³-hybridized carbons (Fsp3) is 0.647. The monoisotopic (exact) mass is 306 g/mol. The quantitative estimate of drug-likeness (QED) is 0.850. The van der Waals surface area contributed by atoms with Gasteiger partial charge in [-0.2, -0.15) is 0 Å². The number of rotatable bonds is 5. The van der Waals surface area contributed by atoms with Crippen LogP contribution in [0.15, 0.2) is 0 Å². The van der Waals surface area contributed by atoms with Crippen LogP contribution in [0.1, 0.15) is 71.6 Å². The molecule has 0 atom stereocenters. The van der Waals surface area contributed by atoms with Gasteiger partial charge < -0.3 is 14.6 Å². The number of amides is 1. The number of aromatic amines is 1. The maximum atomic E-state index is 12.9. The first-order valence-corrected chi connectivity index (χ1v) is 8.18. The Labute approximate surface area is 132 Å². The SMILES string of the molecule is CCOC(=O)c1c(C)[nH]c(C(=O)N(CC)C2CCCC2)c1C. The molecule has 2 rings (SSSR count). The lowest BCUT2D eigenvalue weighted by molar-refractivity contribution is 0.0525. The Bertz CT molecular complexity index is 556. The molecule has 0 saturated heterocycles. The van der Waals surface area contributed by atoms with E-state index in [2.05, 4.69) is 4.98 Å². The van der Waals surface area contributed by atoms with Gasteiger partial charge in [0.1, 0.15) is 5.69 Å². The highest BCUT2D eigenvalue weighted by Gasteiger charge is 2.30. The molecule has 1 aromatic heterocycles. The number of H-pyrrole nitrogens is 1. The van der Waals surface area contributed by atoms with Gasteiger partial charge in [0.15, 0.2) is 0 Å². The van der Waals surface area contributed by atoms with Crippen molar-refractivity contribution in [3.63, 3.8) is 0 Å². The van der Waals surface area contributed by atoms with E-state index in [4.69, 9.17) is 4.74 Å². The van der Waals surface area contributed by atoms with Crippen molar-refractivity contribution < 1.29 is 14.3 Å². The standard InChI is InChI=1S/C17H26N2O3/c1-5-19(13-9-7-8-10-13)16(20)15-11(3)14(12(4)18-15)17(21)22-6-2/h13,18H,5-10H2,1-4H3. The van der Waals surface area contributed by atoms with Crippen molar-refractivity contribution in [3.8, 4) is 0 Å². The third-order valence-electron chi connectivity index (χ3n) is 4.50. The van der Waals surface area contributed by atoms with Gasteiger partial charge in [-0.1, -0.05) is 12.8 Å². The molecule has 122 valence electrons. The first-order chi connectivity index (χ1) is 10.5. The van der Waals surface area contributed by atoms with Crippen LogP contribution in [0.3, 0.4) is 0 Å². The molecule has 0 spiro atoms. The van der Waals surface area contributed by atoms with Crippen LogP contribution < -0.4 is 0 Å². The van der Waals surface area contributed by atoms with E-state index in [9.17, 15) is 9.59 Å². The van der Waals surface area contributed by atoms with E-state index in [1.54, 1.807) is 6.92 Å². The van der Waals surface area contributed by atoms with Crippen LogP contribution in [0.4, 0.5) is 0 Å². The third-order valence-corrected chi connectivity index (χ3v) is 4.50. The van der Waals surface area contributed by atoms with Gasteiger partial charge in [0.05, 0.1) is 12.2 Å². The predicted octanol–water partition coefficient (Wildman–Crippen LogP) is 3.21. The molecular weight excluding hydrogens is 280 g/mol. The number of hydrogen-bond acceptors (Lipinski definition) is 3. The minimum atomic E-state index is -0.364.